The molecule has 1 N–H and O–H groups in total. The van der Waals surface area contributed by atoms with Crippen LogP contribution >= 0.6 is 0 Å². The van der Waals surface area contributed by atoms with E-state index in [9.17, 15) is 18.0 Å². The Bertz CT molecular complexity index is 1010. The molecular weight excluding hydrogens is 371 g/mol. The molecule has 0 saturated heterocycles. The highest BCUT2D eigenvalue weighted by molar-refractivity contribution is 6.05. The van der Waals surface area contributed by atoms with E-state index in [1.165, 1.54) is 30.0 Å². The van der Waals surface area contributed by atoms with Gasteiger partial charge >= 0.3 is 6.18 Å². The third-order valence-corrected chi connectivity index (χ3v) is 4.16. The summed E-state index contributed by atoms with van der Waals surface area (Å²) in [6, 6.07) is 11.2. The van der Waals surface area contributed by atoms with Crippen molar-refractivity contribution >= 4 is 11.6 Å². The number of hydrogen-bond acceptors (Lipinski definition) is 3. The molecule has 8 heteroatoms. The van der Waals surface area contributed by atoms with Gasteiger partial charge in [-0.2, -0.15) is 18.3 Å². The maximum Gasteiger partial charge on any atom is 0.416 e. The summed E-state index contributed by atoms with van der Waals surface area (Å²) >= 11 is 0. The summed E-state index contributed by atoms with van der Waals surface area (Å²) in [4.78, 5) is 12.6. The van der Waals surface area contributed by atoms with Crippen molar-refractivity contribution < 1.29 is 22.7 Å². The third-order valence-electron chi connectivity index (χ3n) is 4.16. The fourth-order valence-corrected chi connectivity index (χ4v) is 2.81. The van der Waals surface area contributed by atoms with Gasteiger partial charge in [-0.3, -0.25) is 4.79 Å². The first-order chi connectivity index (χ1) is 13.2. The van der Waals surface area contributed by atoms with E-state index < -0.39 is 17.6 Å². The van der Waals surface area contributed by atoms with E-state index in [4.69, 9.17) is 4.74 Å². The van der Waals surface area contributed by atoms with Gasteiger partial charge in [0.2, 0.25) is 0 Å². The number of aryl methyl sites for hydroxylation is 2. The zero-order valence-corrected chi connectivity index (χ0v) is 15.5. The van der Waals surface area contributed by atoms with Crippen LogP contribution in [-0.4, -0.2) is 22.8 Å². The standard InChI is InChI=1S/C20H18F3N3O2/c1-12-10-13(2)26(25-12)18-9-6-15(20(21,22)23)11-17(18)24-19(27)14-4-7-16(28-3)8-5-14/h4-11H,1-3H3,(H,24,27). The molecule has 2 aromatic carbocycles. The summed E-state index contributed by atoms with van der Waals surface area (Å²) in [5.41, 5.74) is 1.24. The minimum Gasteiger partial charge on any atom is -0.497 e. The van der Waals surface area contributed by atoms with Crippen molar-refractivity contribution in [3.8, 4) is 11.4 Å². The van der Waals surface area contributed by atoms with Crippen LogP contribution in [0.1, 0.15) is 27.3 Å². The minimum absolute atomic E-state index is 0.0156. The molecule has 0 saturated carbocycles. The van der Waals surface area contributed by atoms with Crippen LogP contribution in [0.3, 0.4) is 0 Å². The van der Waals surface area contributed by atoms with Crippen molar-refractivity contribution in [2.24, 2.45) is 0 Å². The van der Waals surface area contributed by atoms with Gasteiger partial charge in [0.25, 0.3) is 5.91 Å². The molecular formula is C20H18F3N3O2. The average molecular weight is 389 g/mol. The summed E-state index contributed by atoms with van der Waals surface area (Å²) in [5, 5.41) is 6.87. The molecule has 1 amide bonds. The second-order valence-corrected chi connectivity index (χ2v) is 6.25. The van der Waals surface area contributed by atoms with Gasteiger partial charge in [-0.25, -0.2) is 4.68 Å². The van der Waals surface area contributed by atoms with E-state index in [0.29, 0.717) is 17.1 Å². The Morgan fingerprint density at radius 1 is 1.07 bits per heavy atom. The van der Waals surface area contributed by atoms with Crippen molar-refractivity contribution in [2.75, 3.05) is 12.4 Å². The quantitative estimate of drug-likeness (QED) is 0.699. The van der Waals surface area contributed by atoms with Gasteiger partial charge in [0.1, 0.15) is 5.75 Å². The number of rotatable bonds is 4. The number of halogens is 3. The molecule has 3 aromatic rings. The Balaban J connectivity index is 2.03. The molecule has 0 aliphatic carbocycles. The number of carbonyl (C=O) groups is 1. The van der Waals surface area contributed by atoms with Crippen LogP contribution in [0.2, 0.25) is 0 Å². The lowest BCUT2D eigenvalue weighted by Crippen LogP contribution is -2.16. The topological polar surface area (TPSA) is 56.1 Å². The SMILES string of the molecule is COc1ccc(C(=O)Nc2cc(C(F)(F)F)ccc2-n2nc(C)cc2C)cc1. The van der Waals surface area contributed by atoms with Crippen molar-refractivity contribution in [1.82, 2.24) is 9.78 Å². The number of ether oxygens (including phenoxy) is 1. The first-order valence-electron chi connectivity index (χ1n) is 8.39. The summed E-state index contributed by atoms with van der Waals surface area (Å²) in [5.74, 6) is 0.0312. The van der Waals surface area contributed by atoms with Gasteiger partial charge in [0.15, 0.2) is 0 Å². The van der Waals surface area contributed by atoms with Gasteiger partial charge in [-0.1, -0.05) is 0 Å². The summed E-state index contributed by atoms with van der Waals surface area (Å²) in [7, 11) is 1.50. The Kier molecular flexibility index (Phi) is 5.13. The van der Waals surface area contributed by atoms with Crippen LogP contribution in [0.5, 0.6) is 5.75 Å². The van der Waals surface area contributed by atoms with Gasteiger partial charge in [0, 0.05) is 11.3 Å². The maximum absolute atomic E-state index is 13.2. The molecule has 1 heterocycles. The number of nitrogens with zero attached hydrogens (tertiary/aromatic N) is 2. The Labute approximate surface area is 159 Å². The van der Waals surface area contributed by atoms with Gasteiger partial charge in [-0.15, -0.1) is 0 Å². The predicted molar refractivity (Wildman–Crippen MR) is 99.0 cm³/mol. The zero-order valence-electron chi connectivity index (χ0n) is 15.5. The van der Waals surface area contributed by atoms with E-state index in [-0.39, 0.29) is 11.3 Å². The first-order valence-corrected chi connectivity index (χ1v) is 8.39. The molecule has 1 aromatic heterocycles. The monoisotopic (exact) mass is 389 g/mol. The number of amides is 1. The number of carbonyl (C=O) groups excluding carboxylic acids is 1. The van der Waals surface area contributed by atoms with E-state index in [2.05, 4.69) is 10.4 Å². The van der Waals surface area contributed by atoms with Crippen molar-refractivity contribution in [2.45, 2.75) is 20.0 Å². The number of nitrogens with one attached hydrogen (secondary N) is 1. The lowest BCUT2D eigenvalue weighted by Gasteiger charge is -2.16. The van der Waals surface area contributed by atoms with Crippen molar-refractivity contribution in [3.05, 3.63) is 71.0 Å². The average Bonchev–Trinajstić information content (AvgIpc) is 2.99. The lowest BCUT2D eigenvalue weighted by molar-refractivity contribution is -0.137. The molecule has 0 fully saturated rings. The van der Waals surface area contributed by atoms with Gasteiger partial charge < -0.3 is 10.1 Å². The van der Waals surface area contributed by atoms with Crippen molar-refractivity contribution in [3.63, 3.8) is 0 Å². The summed E-state index contributed by atoms with van der Waals surface area (Å²) in [6.45, 7) is 3.57. The van der Waals surface area contributed by atoms with Crippen molar-refractivity contribution in [1.29, 1.82) is 0 Å². The number of anilines is 1. The second kappa shape index (κ2) is 7.38. The Hall–Kier alpha value is -3.29. The molecule has 0 bridgehead atoms. The first kappa shape index (κ1) is 19.5. The molecule has 0 spiro atoms. The largest absolute Gasteiger partial charge is 0.497 e. The Morgan fingerprint density at radius 3 is 2.29 bits per heavy atom. The van der Waals surface area contributed by atoms with Crippen LogP contribution in [0.25, 0.3) is 5.69 Å². The fourth-order valence-electron chi connectivity index (χ4n) is 2.81. The van der Waals surface area contributed by atoms with Crippen LogP contribution in [0, 0.1) is 13.8 Å². The van der Waals surface area contributed by atoms with E-state index >= 15 is 0 Å². The Morgan fingerprint density at radius 2 is 1.75 bits per heavy atom. The van der Waals surface area contributed by atoms with Crippen LogP contribution in [-0.2, 0) is 6.18 Å². The number of benzene rings is 2. The molecule has 0 aliphatic heterocycles. The van der Waals surface area contributed by atoms with E-state index in [0.717, 1.165) is 17.8 Å². The van der Waals surface area contributed by atoms with E-state index in [1.54, 1.807) is 32.0 Å². The molecule has 28 heavy (non-hydrogen) atoms. The normalized spacial score (nSPS) is 11.4. The van der Waals surface area contributed by atoms with Gasteiger partial charge in [-0.05, 0) is 62.4 Å². The smallest absolute Gasteiger partial charge is 0.416 e. The highest BCUT2D eigenvalue weighted by atomic mass is 19.4. The highest BCUT2D eigenvalue weighted by Gasteiger charge is 2.31. The molecule has 0 aliphatic rings. The maximum atomic E-state index is 13.2. The molecule has 0 atom stereocenters. The molecule has 0 radical (unpaired) electrons. The van der Waals surface area contributed by atoms with Crippen LogP contribution in [0.4, 0.5) is 18.9 Å². The van der Waals surface area contributed by atoms with Crippen LogP contribution in [0.15, 0.2) is 48.5 Å². The zero-order chi connectivity index (χ0) is 20.5. The fraction of sp³-hybridized carbons (Fsp3) is 0.200. The minimum atomic E-state index is -4.53. The molecule has 3 rings (SSSR count). The molecule has 146 valence electrons. The van der Waals surface area contributed by atoms with Crippen LogP contribution < -0.4 is 10.1 Å². The number of aromatic nitrogens is 2. The predicted octanol–water partition coefficient (Wildman–Crippen LogP) is 4.77. The van der Waals surface area contributed by atoms with E-state index in [1.807, 2.05) is 0 Å². The number of methoxy groups -OCH3 is 1. The lowest BCUT2D eigenvalue weighted by atomic mass is 10.1. The summed E-state index contributed by atoms with van der Waals surface area (Å²) in [6.07, 6.45) is -4.53. The second-order valence-electron chi connectivity index (χ2n) is 6.25. The number of hydrogen-bond donors (Lipinski definition) is 1. The molecule has 5 nitrogen and oxygen atoms in total. The number of alkyl halides is 3. The van der Waals surface area contributed by atoms with Gasteiger partial charge in [0.05, 0.1) is 29.7 Å². The third kappa shape index (κ3) is 4.00. The molecule has 0 unspecified atom stereocenters. The summed E-state index contributed by atoms with van der Waals surface area (Å²) < 4.78 is 46.1. The highest BCUT2D eigenvalue weighted by Crippen LogP contribution is 2.34.